The molecule has 1 N–H and O–H groups in total. The Hall–Kier alpha value is -0.570. The molecule has 0 radical (unpaired) electrons. The average Bonchev–Trinajstić information content (AvgIpc) is 2.67. The maximum atomic E-state index is 3.70. The van der Waals surface area contributed by atoms with E-state index in [4.69, 9.17) is 0 Å². The van der Waals surface area contributed by atoms with Gasteiger partial charge in [0.05, 0.1) is 0 Å². The van der Waals surface area contributed by atoms with E-state index in [-0.39, 0.29) is 12.4 Å². The number of halogens is 1. The number of fused-ring (bicyclic) bond motifs is 1. The second-order valence-corrected chi connectivity index (χ2v) is 5.77. The normalized spacial score (nSPS) is 24.1. The predicted molar refractivity (Wildman–Crippen MR) is 82.9 cm³/mol. The van der Waals surface area contributed by atoms with Crippen LogP contribution < -0.4 is 5.32 Å². The Bertz CT molecular complexity index is 386. The van der Waals surface area contributed by atoms with E-state index < -0.39 is 0 Å². The van der Waals surface area contributed by atoms with Crippen LogP contribution in [0.2, 0.25) is 0 Å². The van der Waals surface area contributed by atoms with Gasteiger partial charge in [-0.05, 0) is 43.5 Å². The summed E-state index contributed by atoms with van der Waals surface area (Å²) in [6, 6.07) is 9.52. The van der Waals surface area contributed by atoms with Crippen LogP contribution in [0.25, 0.3) is 0 Å². The van der Waals surface area contributed by atoms with E-state index in [2.05, 4.69) is 34.5 Å². The number of nitrogens with zero attached hydrogens (tertiary/aromatic N) is 1. The van der Waals surface area contributed by atoms with Crippen LogP contribution in [0.15, 0.2) is 24.3 Å². The lowest BCUT2D eigenvalue weighted by Crippen LogP contribution is -2.44. The summed E-state index contributed by atoms with van der Waals surface area (Å²) >= 11 is 0. The molecule has 0 saturated carbocycles. The molecule has 1 aromatic rings. The minimum absolute atomic E-state index is 0. The molecule has 2 heterocycles. The molecule has 0 amide bonds. The maximum Gasteiger partial charge on any atom is 0.0238 e. The van der Waals surface area contributed by atoms with Crippen molar-refractivity contribution in [3.05, 3.63) is 35.4 Å². The van der Waals surface area contributed by atoms with Crippen molar-refractivity contribution in [2.45, 2.75) is 44.7 Å². The molecule has 0 aliphatic carbocycles. The number of nitrogens with one attached hydrogen (secondary N) is 1. The quantitative estimate of drug-likeness (QED) is 0.896. The molecule has 1 saturated heterocycles. The van der Waals surface area contributed by atoms with Crippen LogP contribution in [0.5, 0.6) is 0 Å². The van der Waals surface area contributed by atoms with Crippen LogP contribution in [0.1, 0.15) is 36.8 Å². The SMILES string of the molecule is Cl.c1ccc2c(c1)CN[C@H](CN1CCCCCC1)C2. The zero-order valence-electron chi connectivity index (χ0n) is 11.6. The van der Waals surface area contributed by atoms with Crippen molar-refractivity contribution in [2.75, 3.05) is 19.6 Å². The van der Waals surface area contributed by atoms with E-state index in [1.165, 1.54) is 57.3 Å². The van der Waals surface area contributed by atoms with Crippen molar-refractivity contribution in [2.24, 2.45) is 0 Å². The molecule has 0 bridgehead atoms. The van der Waals surface area contributed by atoms with Crippen LogP contribution >= 0.6 is 12.4 Å². The molecule has 0 unspecified atom stereocenters. The third kappa shape index (κ3) is 3.95. The Morgan fingerprint density at radius 1 is 1.00 bits per heavy atom. The molecule has 2 aliphatic heterocycles. The van der Waals surface area contributed by atoms with Crippen molar-refractivity contribution in [1.29, 1.82) is 0 Å². The fraction of sp³-hybridized carbons (Fsp3) is 0.625. The second-order valence-electron chi connectivity index (χ2n) is 5.77. The number of benzene rings is 1. The molecule has 3 heteroatoms. The van der Waals surface area contributed by atoms with Crippen LogP contribution in [0.4, 0.5) is 0 Å². The predicted octanol–water partition coefficient (Wildman–Crippen LogP) is 3.00. The lowest BCUT2D eigenvalue weighted by Gasteiger charge is -2.31. The van der Waals surface area contributed by atoms with Crippen LogP contribution in [-0.2, 0) is 13.0 Å². The second kappa shape index (κ2) is 7.28. The van der Waals surface area contributed by atoms with Gasteiger partial charge < -0.3 is 10.2 Å². The Kier molecular flexibility index (Phi) is 5.68. The monoisotopic (exact) mass is 280 g/mol. The molecule has 106 valence electrons. The fourth-order valence-electron chi connectivity index (χ4n) is 3.28. The molecule has 1 aromatic carbocycles. The number of hydrogen-bond acceptors (Lipinski definition) is 2. The van der Waals surface area contributed by atoms with Crippen molar-refractivity contribution in [3.8, 4) is 0 Å². The van der Waals surface area contributed by atoms with Crippen LogP contribution in [-0.4, -0.2) is 30.6 Å². The molecular weight excluding hydrogens is 256 g/mol. The molecule has 3 rings (SSSR count). The number of hydrogen-bond donors (Lipinski definition) is 1. The Labute approximate surface area is 123 Å². The standard InChI is InChI=1S/C16H24N2.ClH/c1-2-6-10-18(9-5-1)13-16-11-14-7-3-4-8-15(14)12-17-16;/h3-4,7-8,16-17H,1-2,5-6,9-13H2;1H/t16-;/m0./s1. The van der Waals surface area contributed by atoms with E-state index in [9.17, 15) is 0 Å². The van der Waals surface area contributed by atoms with Gasteiger partial charge in [-0.1, -0.05) is 37.1 Å². The van der Waals surface area contributed by atoms with Gasteiger partial charge in [-0.25, -0.2) is 0 Å². The van der Waals surface area contributed by atoms with E-state index in [0.29, 0.717) is 6.04 Å². The molecule has 1 atom stereocenters. The van der Waals surface area contributed by atoms with Gasteiger partial charge in [0.15, 0.2) is 0 Å². The summed E-state index contributed by atoms with van der Waals surface area (Å²) in [6.07, 6.45) is 6.84. The van der Waals surface area contributed by atoms with Crippen LogP contribution in [0.3, 0.4) is 0 Å². The summed E-state index contributed by atoms with van der Waals surface area (Å²) < 4.78 is 0. The smallest absolute Gasteiger partial charge is 0.0238 e. The van der Waals surface area contributed by atoms with Gasteiger partial charge in [0.1, 0.15) is 0 Å². The van der Waals surface area contributed by atoms with Gasteiger partial charge in [0.25, 0.3) is 0 Å². The molecule has 1 fully saturated rings. The topological polar surface area (TPSA) is 15.3 Å². The minimum atomic E-state index is 0. The van der Waals surface area contributed by atoms with Gasteiger partial charge in [-0.15, -0.1) is 12.4 Å². The Balaban J connectivity index is 0.00000133. The summed E-state index contributed by atoms with van der Waals surface area (Å²) in [4.78, 5) is 2.67. The van der Waals surface area contributed by atoms with Gasteiger partial charge >= 0.3 is 0 Å². The van der Waals surface area contributed by atoms with Crippen molar-refractivity contribution in [3.63, 3.8) is 0 Å². The fourth-order valence-corrected chi connectivity index (χ4v) is 3.28. The highest BCUT2D eigenvalue weighted by atomic mass is 35.5. The Morgan fingerprint density at radius 2 is 1.68 bits per heavy atom. The van der Waals surface area contributed by atoms with Gasteiger partial charge in [-0.3, -0.25) is 0 Å². The number of rotatable bonds is 2. The third-order valence-electron chi connectivity index (χ3n) is 4.34. The molecule has 19 heavy (non-hydrogen) atoms. The number of likely N-dealkylation sites (tertiary alicyclic amines) is 1. The summed E-state index contributed by atoms with van der Waals surface area (Å²) in [5.74, 6) is 0. The first-order valence-corrected chi connectivity index (χ1v) is 7.44. The van der Waals surface area contributed by atoms with E-state index in [0.717, 1.165) is 6.54 Å². The molecule has 2 nitrogen and oxygen atoms in total. The highest BCUT2D eigenvalue weighted by Gasteiger charge is 2.20. The van der Waals surface area contributed by atoms with Crippen molar-refractivity contribution < 1.29 is 0 Å². The zero-order chi connectivity index (χ0) is 12.2. The summed E-state index contributed by atoms with van der Waals surface area (Å²) in [6.45, 7) is 4.89. The lowest BCUT2D eigenvalue weighted by molar-refractivity contribution is 0.244. The summed E-state index contributed by atoms with van der Waals surface area (Å²) in [7, 11) is 0. The first-order valence-electron chi connectivity index (χ1n) is 7.44. The van der Waals surface area contributed by atoms with E-state index in [1.54, 1.807) is 5.56 Å². The van der Waals surface area contributed by atoms with Gasteiger partial charge in [-0.2, -0.15) is 0 Å². The largest absolute Gasteiger partial charge is 0.308 e. The molecular formula is C16H25ClN2. The van der Waals surface area contributed by atoms with E-state index in [1.807, 2.05) is 0 Å². The van der Waals surface area contributed by atoms with Crippen molar-refractivity contribution in [1.82, 2.24) is 10.2 Å². The van der Waals surface area contributed by atoms with Crippen molar-refractivity contribution >= 4 is 12.4 Å². The van der Waals surface area contributed by atoms with E-state index >= 15 is 0 Å². The summed E-state index contributed by atoms with van der Waals surface area (Å²) in [5.41, 5.74) is 3.04. The average molecular weight is 281 g/mol. The van der Waals surface area contributed by atoms with Gasteiger partial charge in [0, 0.05) is 19.1 Å². The molecule has 0 aromatic heterocycles. The molecule has 2 aliphatic rings. The minimum Gasteiger partial charge on any atom is -0.308 e. The van der Waals surface area contributed by atoms with Crippen LogP contribution in [0, 0.1) is 0 Å². The zero-order valence-corrected chi connectivity index (χ0v) is 12.4. The Morgan fingerprint density at radius 3 is 2.42 bits per heavy atom. The maximum absolute atomic E-state index is 3.70. The highest BCUT2D eigenvalue weighted by Crippen LogP contribution is 2.18. The first kappa shape index (κ1) is 14.8. The third-order valence-corrected chi connectivity index (χ3v) is 4.34. The highest BCUT2D eigenvalue weighted by molar-refractivity contribution is 5.85. The lowest BCUT2D eigenvalue weighted by atomic mass is 9.95. The van der Waals surface area contributed by atoms with Gasteiger partial charge in [0.2, 0.25) is 0 Å². The summed E-state index contributed by atoms with van der Waals surface area (Å²) in [5, 5.41) is 3.70. The molecule has 0 spiro atoms. The first-order chi connectivity index (χ1) is 8.92.